The van der Waals surface area contributed by atoms with E-state index in [-0.39, 0.29) is 5.91 Å². The van der Waals surface area contributed by atoms with E-state index < -0.39 is 0 Å². The molecule has 0 saturated carbocycles. The Balaban J connectivity index is 1.31. The second kappa shape index (κ2) is 13.2. The third kappa shape index (κ3) is 7.48. The highest BCUT2D eigenvalue weighted by Crippen LogP contribution is 2.29. The fraction of sp³-hybridized carbons (Fsp3) is 0.133. The molecule has 6 heteroatoms. The van der Waals surface area contributed by atoms with Crippen LogP contribution in [0.2, 0.25) is 0 Å². The number of amides is 1. The molecular weight excluding hydrogens is 468 g/mol. The molecule has 0 aliphatic carbocycles. The molecule has 0 fully saturated rings. The quantitative estimate of drug-likeness (QED) is 0.142. The molecule has 5 nitrogen and oxygen atoms in total. The molecule has 0 bridgehead atoms. The van der Waals surface area contributed by atoms with Crippen molar-refractivity contribution in [2.45, 2.75) is 24.2 Å². The molecule has 36 heavy (non-hydrogen) atoms. The molecule has 4 aromatic carbocycles. The number of hydrogen-bond acceptors (Lipinski definition) is 5. The Morgan fingerprint density at radius 1 is 0.833 bits per heavy atom. The third-order valence-electron chi connectivity index (χ3n) is 5.25. The van der Waals surface area contributed by atoms with Gasteiger partial charge in [-0.05, 0) is 66.1 Å². The van der Waals surface area contributed by atoms with E-state index in [1.807, 2.05) is 97.9 Å². The fourth-order valence-corrected chi connectivity index (χ4v) is 4.27. The molecule has 1 N–H and O–H groups in total. The number of ether oxygens (including phenoxy) is 2. The number of rotatable bonds is 11. The average Bonchev–Trinajstić information content (AvgIpc) is 2.93. The van der Waals surface area contributed by atoms with Gasteiger partial charge < -0.3 is 9.47 Å². The molecule has 0 heterocycles. The fourth-order valence-electron chi connectivity index (χ4n) is 3.39. The summed E-state index contributed by atoms with van der Waals surface area (Å²) in [6.07, 6.45) is 1.59. The van der Waals surface area contributed by atoms with Gasteiger partial charge in [-0.25, -0.2) is 5.43 Å². The van der Waals surface area contributed by atoms with Crippen molar-refractivity contribution in [3.63, 3.8) is 0 Å². The first-order valence-corrected chi connectivity index (χ1v) is 12.7. The Hall–Kier alpha value is -4.03. The normalized spacial score (nSPS) is 10.8. The third-order valence-corrected chi connectivity index (χ3v) is 6.33. The van der Waals surface area contributed by atoms with Gasteiger partial charge in [0.15, 0.2) is 11.5 Å². The van der Waals surface area contributed by atoms with E-state index in [0.29, 0.717) is 30.3 Å². The van der Waals surface area contributed by atoms with Crippen molar-refractivity contribution in [1.82, 2.24) is 5.43 Å². The minimum absolute atomic E-state index is 0.263. The summed E-state index contributed by atoms with van der Waals surface area (Å²) in [6.45, 7) is 2.89. The molecule has 0 atom stereocenters. The topological polar surface area (TPSA) is 59.9 Å². The van der Waals surface area contributed by atoms with Crippen LogP contribution in [0.15, 0.2) is 113 Å². The predicted octanol–water partition coefficient (Wildman–Crippen LogP) is 6.72. The van der Waals surface area contributed by atoms with Crippen LogP contribution in [0.5, 0.6) is 11.5 Å². The highest BCUT2D eigenvalue weighted by molar-refractivity contribution is 7.98. The van der Waals surface area contributed by atoms with Crippen LogP contribution in [0.25, 0.3) is 0 Å². The summed E-state index contributed by atoms with van der Waals surface area (Å²) in [5.74, 6) is 1.87. The zero-order chi connectivity index (χ0) is 25.0. The number of hydrogen-bond donors (Lipinski definition) is 1. The van der Waals surface area contributed by atoms with Crippen LogP contribution in [0.3, 0.4) is 0 Å². The SMILES string of the molecule is CCOc1cc(/C=N\NC(=O)c2ccc(CSc3ccccc3)cc2)ccc1OCc1ccccc1. The lowest BCUT2D eigenvalue weighted by Gasteiger charge is -2.12. The van der Waals surface area contributed by atoms with Gasteiger partial charge in [0.1, 0.15) is 6.61 Å². The molecule has 4 rings (SSSR count). The predicted molar refractivity (Wildman–Crippen MR) is 146 cm³/mol. The summed E-state index contributed by atoms with van der Waals surface area (Å²) in [5, 5.41) is 4.12. The standard InChI is InChI=1S/C30H28N2O3S/c1-2-34-29-19-25(15-18-28(29)35-21-23-9-5-3-6-10-23)20-31-32-30(33)26-16-13-24(14-17-26)22-36-27-11-7-4-8-12-27/h3-20H,2,21-22H2,1H3,(H,32,33)/b31-20-. The Morgan fingerprint density at radius 2 is 1.56 bits per heavy atom. The lowest BCUT2D eigenvalue weighted by atomic mass is 10.1. The lowest BCUT2D eigenvalue weighted by Crippen LogP contribution is -2.17. The molecule has 0 unspecified atom stereocenters. The number of benzene rings is 4. The molecule has 1 amide bonds. The van der Waals surface area contributed by atoms with E-state index in [9.17, 15) is 4.79 Å². The van der Waals surface area contributed by atoms with Gasteiger partial charge in [0, 0.05) is 16.2 Å². The van der Waals surface area contributed by atoms with Crippen molar-refractivity contribution in [1.29, 1.82) is 0 Å². The second-order valence-corrected chi connectivity index (χ2v) is 8.96. The van der Waals surface area contributed by atoms with Crippen molar-refractivity contribution in [2.24, 2.45) is 5.10 Å². The van der Waals surface area contributed by atoms with Gasteiger partial charge in [-0.1, -0.05) is 60.7 Å². The summed E-state index contributed by atoms with van der Waals surface area (Å²) in [6, 6.07) is 33.4. The Labute approximate surface area is 216 Å². The summed E-state index contributed by atoms with van der Waals surface area (Å²) in [4.78, 5) is 13.7. The lowest BCUT2D eigenvalue weighted by molar-refractivity contribution is 0.0955. The minimum atomic E-state index is -0.263. The van der Waals surface area contributed by atoms with E-state index in [2.05, 4.69) is 22.7 Å². The molecule has 4 aromatic rings. The summed E-state index contributed by atoms with van der Waals surface area (Å²) in [7, 11) is 0. The van der Waals surface area contributed by atoms with Crippen LogP contribution >= 0.6 is 11.8 Å². The van der Waals surface area contributed by atoms with E-state index in [4.69, 9.17) is 9.47 Å². The van der Waals surface area contributed by atoms with Gasteiger partial charge >= 0.3 is 0 Å². The first kappa shape index (κ1) is 25.1. The van der Waals surface area contributed by atoms with Crippen molar-refractivity contribution in [3.8, 4) is 11.5 Å². The molecule has 0 aliphatic heterocycles. The highest BCUT2D eigenvalue weighted by atomic mass is 32.2. The zero-order valence-corrected chi connectivity index (χ0v) is 20.9. The van der Waals surface area contributed by atoms with Gasteiger partial charge in [-0.2, -0.15) is 5.10 Å². The first-order chi connectivity index (χ1) is 17.7. The number of thioether (sulfide) groups is 1. The Bertz CT molecular complexity index is 1280. The molecule has 0 spiro atoms. The molecule has 182 valence electrons. The number of carbonyl (C=O) groups is 1. The highest BCUT2D eigenvalue weighted by Gasteiger charge is 2.08. The smallest absolute Gasteiger partial charge is 0.271 e. The summed E-state index contributed by atoms with van der Waals surface area (Å²) in [5.41, 5.74) is 6.17. The van der Waals surface area contributed by atoms with Gasteiger partial charge in [-0.15, -0.1) is 11.8 Å². The molecular formula is C30H28N2O3S. The van der Waals surface area contributed by atoms with Crippen LogP contribution in [-0.4, -0.2) is 18.7 Å². The van der Waals surface area contributed by atoms with E-state index >= 15 is 0 Å². The van der Waals surface area contributed by atoms with E-state index in [1.165, 1.54) is 4.90 Å². The van der Waals surface area contributed by atoms with Gasteiger partial charge in [-0.3, -0.25) is 4.79 Å². The van der Waals surface area contributed by atoms with E-state index in [1.54, 1.807) is 18.0 Å². The molecule has 0 aromatic heterocycles. The number of carbonyl (C=O) groups excluding carboxylic acids is 1. The Morgan fingerprint density at radius 3 is 2.28 bits per heavy atom. The van der Waals surface area contributed by atoms with Crippen molar-refractivity contribution >= 4 is 23.9 Å². The van der Waals surface area contributed by atoms with Gasteiger partial charge in [0.2, 0.25) is 0 Å². The van der Waals surface area contributed by atoms with Crippen molar-refractivity contribution in [2.75, 3.05) is 6.61 Å². The van der Waals surface area contributed by atoms with Crippen LogP contribution < -0.4 is 14.9 Å². The van der Waals surface area contributed by atoms with Gasteiger partial charge in [0.05, 0.1) is 12.8 Å². The number of hydrazone groups is 1. The maximum Gasteiger partial charge on any atom is 0.271 e. The van der Waals surface area contributed by atoms with Crippen LogP contribution in [-0.2, 0) is 12.4 Å². The second-order valence-electron chi connectivity index (χ2n) is 7.91. The minimum Gasteiger partial charge on any atom is -0.490 e. The molecule has 0 aliphatic rings. The van der Waals surface area contributed by atoms with Crippen molar-refractivity contribution < 1.29 is 14.3 Å². The monoisotopic (exact) mass is 496 g/mol. The first-order valence-electron chi connectivity index (χ1n) is 11.7. The van der Waals surface area contributed by atoms with Gasteiger partial charge in [0.25, 0.3) is 5.91 Å². The Kier molecular flexibility index (Phi) is 9.17. The molecule has 0 saturated heterocycles. The number of nitrogens with zero attached hydrogens (tertiary/aromatic N) is 1. The largest absolute Gasteiger partial charge is 0.490 e. The van der Waals surface area contributed by atoms with Crippen molar-refractivity contribution in [3.05, 3.63) is 125 Å². The average molecular weight is 497 g/mol. The number of nitrogens with one attached hydrogen (secondary N) is 1. The maximum absolute atomic E-state index is 12.5. The summed E-state index contributed by atoms with van der Waals surface area (Å²) < 4.78 is 11.7. The van der Waals surface area contributed by atoms with Crippen LogP contribution in [0.1, 0.15) is 34.0 Å². The molecule has 0 radical (unpaired) electrons. The summed E-state index contributed by atoms with van der Waals surface area (Å²) >= 11 is 1.76. The van der Waals surface area contributed by atoms with E-state index in [0.717, 1.165) is 22.4 Å². The van der Waals surface area contributed by atoms with Crippen LogP contribution in [0, 0.1) is 0 Å². The zero-order valence-electron chi connectivity index (χ0n) is 20.1. The maximum atomic E-state index is 12.5. The van der Waals surface area contributed by atoms with Crippen LogP contribution in [0.4, 0.5) is 0 Å².